The Balaban J connectivity index is 2.97. The van der Waals surface area contributed by atoms with Crippen LogP contribution in [0.5, 0.6) is 0 Å². The van der Waals surface area contributed by atoms with Crippen molar-refractivity contribution in [3.63, 3.8) is 0 Å². The normalized spacial score (nSPS) is 10.6. The van der Waals surface area contributed by atoms with E-state index in [1.54, 1.807) is 12.4 Å². The van der Waals surface area contributed by atoms with Gasteiger partial charge in [-0.2, -0.15) is 10.2 Å². The molecule has 66 valence electrons. The van der Waals surface area contributed by atoms with Crippen molar-refractivity contribution in [1.82, 2.24) is 10.2 Å². The van der Waals surface area contributed by atoms with E-state index >= 15 is 0 Å². The molecule has 2 rings (SSSR count). The first kappa shape index (κ1) is 7.98. The highest BCUT2D eigenvalue weighted by molar-refractivity contribution is 5.95. The van der Waals surface area contributed by atoms with Gasteiger partial charge in [-0.15, -0.1) is 0 Å². The van der Waals surface area contributed by atoms with Crippen LogP contribution in [0.2, 0.25) is 0 Å². The molecule has 0 spiro atoms. The van der Waals surface area contributed by atoms with Crippen molar-refractivity contribution in [2.75, 3.05) is 5.73 Å². The Labute approximate surface area is 76.6 Å². The molecule has 0 amide bonds. The Hall–Kier alpha value is -1.64. The van der Waals surface area contributed by atoms with E-state index in [1.165, 1.54) is 5.56 Å². The molecule has 0 unspecified atom stereocenters. The summed E-state index contributed by atoms with van der Waals surface area (Å²) in [6.45, 7) is 4.05. The van der Waals surface area contributed by atoms with Gasteiger partial charge in [0.15, 0.2) is 0 Å². The van der Waals surface area contributed by atoms with Crippen molar-refractivity contribution >= 4 is 16.5 Å². The van der Waals surface area contributed by atoms with Crippen LogP contribution in [0.1, 0.15) is 11.1 Å². The summed E-state index contributed by atoms with van der Waals surface area (Å²) < 4.78 is 0. The maximum Gasteiger partial charge on any atom is 0.0595 e. The molecule has 1 aromatic heterocycles. The van der Waals surface area contributed by atoms with Crippen molar-refractivity contribution in [3.05, 3.63) is 29.6 Å². The Kier molecular flexibility index (Phi) is 1.65. The summed E-state index contributed by atoms with van der Waals surface area (Å²) in [5, 5.41) is 9.74. The third kappa shape index (κ3) is 1.13. The second kappa shape index (κ2) is 2.69. The number of nitrogen functional groups attached to an aromatic ring is 1. The molecule has 2 aromatic rings. The number of nitrogens with two attached hydrogens (primary N) is 1. The molecule has 3 nitrogen and oxygen atoms in total. The van der Waals surface area contributed by atoms with Crippen LogP contribution in [0.15, 0.2) is 18.5 Å². The molecular formula is C10H11N3. The molecule has 0 radical (unpaired) electrons. The molecule has 0 aliphatic rings. The monoisotopic (exact) mass is 173 g/mol. The molecule has 2 N–H and O–H groups in total. The number of benzene rings is 1. The van der Waals surface area contributed by atoms with E-state index in [-0.39, 0.29) is 0 Å². The predicted molar refractivity (Wildman–Crippen MR) is 53.4 cm³/mol. The quantitative estimate of drug-likeness (QED) is 0.618. The average Bonchev–Trinajstić information content (AvgIpc) is 2.15. The zero-order valence-corrected chi connectivity index (χ0v) is 7.70. The smallest absolute Gasteiger partial charge is 0.0595 e. The lowest BCUT2D eigenvalue weighted by Gasteiger charge is -2.06. The van der Waals surface area contributed by atoms with Gasteiger partial charge in [-0.3, -0.25) is 0 Å². The summed E-state index contributed by atoms with van der Waals surface area (Å²) in [6.07, 6.45) is 3.46. The number of anilines is 1. The van der Waals surface area contributed by atoms with E-state index in [1.807, 2.05) is 6.92 Å². The van der Waals surface area contributed by atoms with Crippen LogP contribution in [-0.4, -0.2) is 10.2 Å². The lowest BCUT2D eigenvalue weighted by Crippen LogP contribution is -1.94. The van der Waals surface area contributed by atoms with Crippen LogP contribution in [0, 0.1) is 13.8 Å². The van der Waals surface area contributed by atoms with Crippen LogP contribution in [0.4, 0.5) is 5.69 Å². The van der Waals surface area contributed by atoms with Gasteiger partial charge in [0.25, 0.3) is 0 Å². The van der Waals surface area contributed by atoms with Crippen LogP contribution >= 0.6 is 0 Å². The van der Waals surface area contributed by atoms with Crippen LogP contribution < -0.4 is 5.73 Å². The van der Waals surface area contributed by atoms with Gasteiger partial charge in [-0.1, -0.05) is 6.07 Å². The third-order valence-corrected chi connectivity index (χ3v) is 2.30. The third-order valence-electron chi connectivity index (χ3n) is 2.30. The van der Waals surface area contributed by atoms with Gasteiger partial charge in [0.1, 0.15) is 0 Å². The standard InChI is InChI=1S/C10H11N3/c1-6-3-7(2)10(11)9-5-13-12-4-8(6)9/h3-5H,11H2,1-2H3. The largest absolute Gasteiger partial charge is 0.398 e. The molecule has 1 aromatic carbocycles. The van der Waals surface area contributed by atoms with E-state index in [2.05, 4.69) is 23.2 Å². The number of aromatic nitrogens is 2. The molecule has 0 atom stereocenters. The first-order valence-electron chi connectivity index (χ1n) is 4.16. The van der Waals surface area contributed by atoms with E-state index in [0.29, 0.717) is 0 Å². The van der Waals surface area contributed by atoms with Gasteiger partial charge >= 0.3 is 0 Å². The second-order valence-electron chi connectivity index (χ2n) is 3.24. The van der Waals surface area contributed by atoms with Crippen molar-refractivity contribution in [3.8, 4) is 0 Å². The van der Waals surface area contributed by atoms with Gasteiger partial charge in [0.05, 0.1) is 12.4 Å². The number of hydrogen-bond donors (Lipinski definition) is 1. The van der Waals surface area contributed by atoms with Gasteiger partial charge < -0.3 is 5.73 Å². The molecule has 0 saturated carbocycles. The second-order valence-corrected chi connectivity index (χ2v) is 3.24. The first-order chi connectivity index (χ1) is 6.20. The minimum absolute atomic E-state index is 0.801. The van der Waals surface area contributed by atoms with Crippen LogP contribution in [0.25, 0.3) is 10.8 Å². The maximum atomic E-state index is 5.92. The lowest BCUT2D eigenvalue weighted by molar-refractivity contribution is 1.05. The molecule has 0 fully saturated rings. The van der Waals surface area contributed by atoms with Crippen molar-refractivity contribution in [2.45, 2.75) is 13.8 Å². The van der Waals surface area contributed by atoms with E-state index in [0.717, 1.165) is 22.0 Å². The fraction of sp³-hybridized carbons (Fsp3) is 0.200. The van der Waals surface area contributed by atoms with Crippen LogP contribution in [0.3, 0.4) is 0 Å². The Bertz CT molecular complexity index is 463. The molecule has 13 heavy (non-hydrogen) atoms. The minimum atomic E-state index is 0.801. The Morgan fingerprint density at radius 1 is 1.00 bits per heavy atom. The van der Waals surface area contributed by atoms with Crippen molar-refractivity contribution in [1.29, 1.82) is 0 Å². The predicted octanol–water partition coefficient (Wildman–Crippen LogP) is 1.83. The number of aryl methyl sites for hydroxylation is 2. The maximum absolute atomic E-state index is 5.92. The van der Waals surface area contributed by atoms with Crippen LogP contribution in [-0.2, 0) is 0 Å². The molecule has 0 saturated heterocycles. The minimum Gasteiger partial charge on any atom is -0.398 e. The van der Waals surface area contributed by atoms with Gasteiger partial charge in [0, 0.05) is 16.5 Å². The highest BCUT2D eigenvalue weighted by atomic mass is 15.1. The summed E-state index contributed by atoms with van der Waals surface area (Å²) in [5.41, 5.74) is 9.01. The average molecular weight is 173 g/mol. The summed E-state index contributed by atoms with van der Waals surface area (Å²) in [4.78, 5) is 0. The Morgan fingerprint density at radius 3 is 2.31 bits per heavy atom. The Morgan fingerprint density at radius 2 is 1.62 bits per heavy atom. The van der Waals surface area contributed by atoms with E-state index in [4.69, 9.17) is 5.73 Å². The number of nitrogens with zero attached hydrogens (tertiary/aromatic N) is 2. The number of fused-ring (bicyclic) bond motifs is 1. The molecule has 0 aliphatic carbocycles. The molecule has 3 heteroatoms. The molecule has 0 bridgehead atoms. The molecule has 1 heterocycles. The first-order valence-corrected chi connectivity index (χ1v) is 4.16. The van der Waals surface area contributed by atoms with Crippen molar-refractivity contribution < 1.29 is 0 Å². The zero-order valence-electron chi connectivity index (χ0n) is 7.70. The summed E-state index contributed by atoms with van der Waals surface area (Å²) >= 11 is 0. The summed E-state index contributed by atoms with van der Waals surface area (Å²) in [6, 6.07) is 2.07. The molecule has 0 aliphatic heterocycles. The van der Waals surface area contributed by atoms with Gasteiger partial charge in [-0.05, 0) is 25.0 Å². The highest BCUT2D eigenvalue weighted by Gasteiger charge is 2.04. The summed E-state index contributed by atoms with van der Waals surface area (Å²) in [5.74, 6) is 0. The fourth-order valence-electron chi connectivity index (χ4n) is 1.54. The number of hydrogen-bond acceptors (Lipinski definition) is 3. The number of rotatable bonds is 0. The molecular weight excluding hydrogens is 162 g/mol. The van der Waals surface area contributed by atoms with E-state index in [9.17, 15) is 0 Å². The van der Waals surface area contributed by atoms with Gasteiger partial charge in [-0.25, -0.2) is 0 Å². The van der Waals surface area contributed by atoms with Gasteiger partial charge in [0.2, 0.25) is 0 Å². The lowest BCUT2D eigenvalue weighted by atomic mass is 10.0. The van der Waals surface area contributed by atoms with Crippen molar-refractivity contribution in [2.24, 2.45) is 0 Å². The SMILES string of the molecule is Cc1cc(C)c2cnncc2c1N. The topological polar surface area (TPSA) is 51.8 Å². The summed E-state index contributed by atoms with van der Waals surface area (Å²) in [7, 11) is 0. The highest BCUT2D eigenvalue weighted by Crippen LogP contribution is 2.25. The fourth-order valence-corrected chi connectivity index (χ4v) is 1.54. The van der Waals surface area contributed by atoms with E-state index < -0.39 is 0 Å². The zero-order chi connectivity index (χ0) is 9.42.